The van der Waals surface area contributed by atoms with E-state index in [-0.39, 0.29) is 17.4 Å². The molecule has 0 atom stereocenters. The number of rotatable bonds is 6. The molecule has 1 N–H and O–H groups in total. The number of hydrogen-bond acceptors (Lipinski definition) is 4. The second kappa shape index (κ2) is 8.40. The lowest BCUT2D eigenvalue weighted by atomic mass is 10.2. The molecular formula is C21H21FN4O. The van der Waals surface area contributed by atoms with Crippen LogP contribution in [0.4, 0.5) is 16.0 Å². The molecule has 0 aliphatic carbocycles. The highest BCUT2D eigenvalue weighted by Gasteiger charge is 2.15. The summed E-state index contributed by atoms with van der Waals surface area (Å²) in [6, 6.07) is 19.6. The molecular weight excluding hydrogens is 343 g/mol. The predicted molar refractivity (Wildman–Crippen MR) is 104 cm³/mol. The highest BCUT2D eigenvalue weighted by Crippen LogP contribution is 2.18. The normalized spacial score (nSPS) is 10.7. The van der Waals surface area contributed by atoms with Crippen LogP contribution >= 0.6 is 0 Å². The zero-order valence-corrected chi connectivity index (χ0v) is 15.3. The number of halogens is 1. The summed E-state index contributed by atoms with van der Waals surface area (Å²) in [5.41, 5.74) is 1.14. The first kappa shape index (κ1) is 18.5. The van der Waals surface area contributed by atoms with E-state index < -0.39 is 11.7 Å². The molecule has 27 heavy (non-hydrogen) atoms. The molecule has 3 aromatic rings. The number of benzene rings is 2. The van der Waals surface area contributed by atoms with Crippen molar-refractivity contribution in [2.75, 3.05) is 10.2 Å². The summed E-state index contributed by atoms with van der Waals surface area (Å²) in [6.45, 7) is 4.87. The van der Waals surface area contributed by atoms with Crippen molar-refractivity contribution in [1.82, 2.24) is 10.2 Å². The van der Waals surface area contributed by atoms with Crippen LogP contribution in [-0.2, 0) is 6.54 Å². The number of nitrogens with zero attached hydrogens (tertiary/aromatic N) is 3. The van der Waals surface area contributed by atoms with Gasteiger partial charge in [0.25, 0.3) is 5.91 Å². The second-order valence-electron chi connectivity index (χ2n) is 6.42. The van der Waals surface area contributed by atoms with Crippen molar-refractivity contribution in [3.8, 4) is 0 Å². The van der Waals surface area contributed by atoms with Gasteiger partial charge in [0.15, 0.2) is 11.6 Å². The summed E-state index contributed by atoms with van der Waals surface area (Å²) >= 11 is 0. The third-order valence-corrected chi connectivity index (χ3v) is 4.12. The van der Waals surface area contributed by atoms with E-state index in [1.165, 1.54) is 23.8 Å². The van der Waals surface area contributed by atoms with E-state index in [1.54, 1.807) is 18.2 Å². The van der Waals surface area contributed by atoms with E-state index in [2.05, 4.69) is 46.4 Å². The minimum absolute atomic E-state index is 0.0312. The van der Waals surface area contributed by atoms with Crippen molar-refractivity contribution in [3.63, 3.8) is 0 Å². The van der Waals surface area contributed by atoms with Gasteiger partial charge in [-0.3, -0.25) is 4.79 Å². The molecule has 0 bridgehead atoms. The third-order valence-electron chi connectivity index (χ3n) is 4.12. The number of carbonyl (C=O) groups is 1. The lowest BCUT2D eigenvalue weighted by molar-refractivity contribution is 0.102. The fourth-order valence-electron chi connectivity index (χ4n) is 2.68. The van der Waals surface area contributed by atoms with E-state index in [0.717, 1.165) is 0 Å². The molecule has 6 heteroatoms. The first-order chi connectivity index (χ1) is 13.0. The number of amides is 1. The SMILES string of the molecule is CC(C)N(Cc1ccccc1)c1ccc(NC(=O)c2ccccc2F)nn1. The highest BCUT2D eigenvalue weighted by atomic mass is 19.1. The highest BCUT2D eigenvalue weighted by molar-refractivity contribution is 6.03. The van der Waals surface area contributed by atoms with Crippen LogP contribution in [0.2, 0.25) is 0 Å². The van der Waals surface area contributed by atoms with Crippen LogP contribution in [0.3, 0.4) is 0 Å². The van der Waals surface area contributed by atoms with Gasteiger partial charge in [-0.25, -0.2) is 4.39 Å². The molecule has 3 rings (SSSR count). The van der Waals surface area contributed by atoms with Gasteiger partial charge in [-0.05, 0) is 43.7 Å². The Morgan fingerprint density at radius 1 is 1.00 bits per heavy atom. The van der Waals surface area contributed by atoms with Crippen molar-refractivity contribution in [2.45, 2.75) is 26.4 Å². The standard InChI is InChI=1S/C21H21FN4O/c1-15(2)26(14-16-8-4-3-5-9-16)20-13-12-19(24-25-20)23-21(27)17-10-6-7-11-18(17)22/h3-13,15H,14H2,1-2H3,(H,23,24,27). The fourth-order valence-corrected chi connectivity index (χ4v) is 2.68. The van der Waals surface area contributed by atoms with Crippen LogP contribution in [-0.4, -0.2) is 22.1 Å². The Morgan fingerprint density at radius 2 is 1.70 bits per heavy atom. The summed E-state index contributed by atoms with van der Waals surface area (Å²) in [5.74, 6) is -0.151. The molecule has 0 radical (unpaired) electrons. The van der Waals surface area contributed by atoms with E-state index in [4.69, 9.17) is 0 Å². The molecule has 0 spiro atoms. The summed E-state index contributed by atoms with van der Waals surface area (Å²) in [5, 5.41) is 10.9. The molecule has 0 fully saturated rings. The van der Waals surface area contributed by atoms with Gasteiger partial charge in [0.1, 0.15) is 5.82 Å². The Balaban J connectivity index is 1.73. The zero-order chi connectivity index (χ0) is 19.2. The third kappa shape index (κ3) is 4.67. The van der Waals surface area contributed by atoms with Crippen LogP contribution in [0.5, 0.6) is 0 Å². The van der Waals surface area contributed by atoms with E-state index >= 15 is 0 Å². The molecule has 0 aliphatic rings. The topological polar surface area (TPSA) is 58.1 Å². The van der Waals surface area contributed by atoms with Crippen LogP contribution < -0.4 is 10.2 Å². The average Bonchev–Trinajstić information content (AvgIpc) is 2.68. The molecule has 0 unspecified atom stereocenters. The van der Waals surface area contributed by atoms with Gasteiger partial charge < -0.3 is 10.2 Å². The number of aromatic nitrogens is 2. The minimum atomic E-state index is -0.576. The van der Waals surface area contributed by atoms with Gasteiger partial charge in [0.2, 0.25) is 0 Å². The van der Waals surface area contributed by atoms with Gasteiger partial charge in [-0.2, -0.15) is 0 Å². The number of hydrogen-bond donors (Lipinski definition) is 1. The van der Waals surface area contributed by atoms with Crippen molar-refractivity contribution < 1.29 is 9.18 Å². The quantitative estimate of drug-likeness (QED) is 0.709. The Labute approximate surface area is 157 Å². The largest absolute Gasteiger partial charge is 0.348 e. The fraction of sp³-hybridized carbons (Fsp3) is 0.190. The maximum atomic E-state index is 13.7. The summed E-state index contributed by atoms with van der Waals surface area (Å²) in [4.78, 5) is 14.3. The van der Waals surface area contributed by atoms with Crippen molar-refractivity contribution in [3.05, 3.63) is 83.7 Å². The van der Waals surface area contributed by atoms with E-state index in [9.17, 15) is 9.18 Å². The number of carbonyl (C=O) groups excluding carboxylic acids is 1. The Bertz CT molecular complexity index is 898. The average molecular weight is 364 g/mol. The van der Waals surface area contributed by atoms with Crippen molar-refractivity contribution >= 4 is 17.5 Å². The van der Waals surface area contributed by atoms with E-state index in [1.807, 2.05) is 18.2 Å². The van der Waals surface area contributed by atoms with Gasteiger partial charge in [-0.1, -0.05) is 42.5 Å². The minimum Gasteiger partial charge on any atom is -0.348 e. The van der Waals surface area contributed by atoms with Crippen LogP contribution in [0.25, 0.3) is 0 Å². The smallest absolute Gasteiger partial charge is 0.259 e. The second-order valence-corrected chi connectivity index (χ2v) is 6.42. The Hall–Kier alpha value is -3.28. The summed E-state index contributed by atoms with van der Waals surface area (Å²) in [6.07, 6.45) is 0. The molecule has 0 saturated carbocycles. The van der Waals surface area contributed by atoms with Gasteiger partial charge in [-0.15, -0.1) is 10.2 Å². The lowest BCUT2D eigenvalue weighted by Crippen LogP contribution is -2.31. The maximum absolute atomic E-state index is 13.7. The first-order valence-corrected chi connectivity index (χ1v) is 8.75. The monoisotopic (exact) mass is 364 g/mol. The van der Waals surface area contributed by atoms with Gasteiger partial charge >= 0.3 is 0 Å². The first-order valence-electron chi connectivity index (χ1n) is 8.75. The van der Waals surface area contributed by atoms with E-state index in [0.29, 0.717) is 12.4 Å². The van der Waals surface area contributed by atoms with Crippen LogP contribution in [0.15, 0.2) is 66.7 Å². The molecule has 138 valence electrons. The van der Waals surface area contributed by atoms with Crippen molar-refractivity contribution in [2.24, 2.45) is 0 Å². The maximum Gasteiger partial charge on any atom is 0.259 e. The van der Waals surface area contributed by atoms with Crippen LogP contribution in [0.1, 0.15) is 29.8 Å². The summed E-state index contributed by atoms with van der Waals surface area (Å²) < 4.78 is 13.7. The van der Waals surface area contributed by atoms with Gasteiger partial charge in [0.05, 0.1) is 5.56 Å². The molecule has 1 amide bonds. The lowest BCUT2D eigenvalue weighted by Gasteiger charge is -2.27. The Kier molecular flexibility index (Phi) is 5.76. The number of nitrogens with one attached hydrogen (secondary N) is 1. The molecule has 0 saturated heterocycles. The molecule has 2 aromatic carbocycles. The van der Waals surface area contributed by atoms with Crippen LogP contribution in [0, 0.1) is 5.82 Å². The Morgan fingerprint density at radius 3 is 2.33 bits per heavy atom. The molecule has 1 heterocycles. The number of anilines is 2. The van der Waals surface area contributed by atoms with Crippen molar-refractivity contribution in [1.29, 1.82) is 0 Å². The van der Waals surface area contributed by atoms with Gasteiger partial charge in [0, 0.05) is 12.6 Å². The zero-order valence-electron chi connectivity index (χ0n) is 15.3. The molecule has 5 nitrogen and oxygen atoms in total. The molecule has 0 aliphatic heterocycles. The predicted octanol–water partition coefficient (Wildman–Crippen LogP) is 4.28. The summed E-state index contributed by atoms with van der Waals surface area (Å²) in [7, 11) is 0. The molecule has 1 aromatic heterocycles.